The highest BCUT2D eigenvalue weighted by Gasteiger charge is 2.38. The Labute approximate surface area is 784 Å². The van der Waals surface area contributed by atoms with Crippen LogP contribution in [0.15, 0.2) is 229 Å². The van der Waals surface area contributed by atoms with Gasteiger partial charge < -0.3 is 68.7 Å². The summed E-state index contributed by atoms with van der Waals surface area (Å²) in [6, 6.07) is 68.2. The minimum atomic E-state index is -0.480. The van der Waals surface area contributed by atoms with Gasteiger partial charge in [0.1, 0.15) is 0 Å². The van der Waals surface area contributed by atoms with Gasteiger partial charge in [-0.1, -0.05) is 251 Å². The molecule has 0 spiro atoms. The molecule has 12 N–H and O–H groups in total. The maximum absolute atomic E-state index is 14.1. The fourth-order valence-corrected chi connectivity index (χ4v) is 19.8. The van der Waals surface area contributed by atoms with Crippen LogP contribution in [0, 0.1) is 29.6 Å². The van der Waals surface area contributed by atoms with Gasteiger partial charge in [-0.3, -0.25) is 43.3 Å². The molecule has 8 atom stereocenters. The number of nitrogens with one attached hydrogen (secondary N) is 8. The number of hydrogen-bond acceptors (Lipinski definition) is 12. The summed E-state index contributed by atoms with van der Waals surface area (Å²) >= 11 is 11.9. The quantitative estimate of drug-likeness (QED) is 0.00777. The number of hydrogen-bond donors (Lipinski definition) is 10. The molecule has 3 saturated carbocycles. The van der Waals surface area contributed by atoms with Gasteiger partial charge in [-0.2, -0.15) is 0 Å². The van der Waals surface area contributed by atoms with E-state index in [9.17, 15) is 38.4 Å². The van der Waals surface area contributed by atoms with Crippen LogP contribution in [0.1, 0.15) is 204 Å². The average Bonchev–Trinajstić information content (AvgIpc) is 1.45. The van der Waals surface area contributed by atoms with Gasteiger partial charge in [0.25, 0.3) is 5.91 Å². The first-order valence-corrected chi connectivity index (χ1v) is 48.6. The van der Waals surface area contributed by atoms with Crippen molar-refractivity contribution < 1.29 is 38.4 Å². The Balaban J connectivity index is 0.000000179. The van der Waals surface area contributed by atoms with Crippen LogP contribution in [0.3, 0.4) is 0 Å². The zero-order valence-electron chi connectivity index (χ0n) is 76.3. The first kappa shape index (κ1) is 99.0. The summed E-state index contributed by atoms with van der Waals surface area (Å²) in [7, 11) is 0. The number of aliphatic imine (C=N–C) groups is 1. The van der Waals surface area contributed by atoms with Gasteiger partial charge in [-0.25, -0.2) is 0 Å². The van der Waals surface area contributed by atoms with Crippen molar-refractivity contribution in [2.45, 2.75) is 197 Å². The number of carbonyl (C=O) groups excluding carboxylic acids is 8. The molecule has 3 aliphatic heterocycles. The summed E-state index contributed by atoms with van der Waals surface area (Å²) in [5, 5.41) is 29.4. The van der Waals surface area contributed by atoms with Crippen LogP contribution in [-0.2, 0) is 33.6 Å². The third-order valence-corrected chi connectivity index (χ3v) is 27.0. The molecule has 696 valence electrons. The normalized spacial score (nSPS) is 21.2. The van der Waals surface area contributed by atoms with Crippen LogP contribution >= 0.6 is 23.2 Å². The average molecular weight is 1820 g/mol. The van der Waals surface area contributed by atoms with Gasteiger partial charge in [-0.15, -0.1) is 0 Å². The van der Waals surface area contributed by atoms with Crippen molar-refractivity contribution in [3.8, 4) is 0 Å². The van der Waals surface area contributed by atoms with Crippen molar-refractivity contribution in [1.29, 1.82) is 0 Å². The van der Waals surface area contributed by atoms with Gasteiger partial charge >= 0.3 is 0 Å². The van der Waals surface area contributed by atoms with E-state index in [0.29, 0.717) is 156 Å². The van der Waals surface area contributed by atoms with Crippen molar-refractivity contribution in [1.82, 2.24) is 57.2 Å². The summed E-state index contributed by atoms with van der Waals surface area (Å²) in [4.78, 5) is 116. The Bertz CT molecular complexity index is 4930. The lowest BCUT2D eigenvalue weighted by Crippen LogP contribution is -2.50. The molecule has 22 nitrogen and oxygen atoms in total. The van der Waals surface area contributed by atoms with E-state index in [0.717, 1.165) is 95.6 Å². The summed E-state index contributed by atoms with van der Waals surface area (Å²) in [6.45, 7) is 11.0. The Morgan fingerprint density at radius 2 is 0.870 bits per heavy atom. The van der Waals surface area contributed by atoms with Crippen LogP contribution in [0.25, 0.3) is 22.9 Å². The molecule has 8 aromatic rings. The fraction of sp³-hybridized carbons (Fsp3) is 0.449. The highest BCUT2D eigenvalue weighted by Crippen LogP contribution is 2.36. The molecule has 14 rings (SSSR count). The minimum Gasteiger partial charge on any atom is -0.370 e. The third kappa shape index (κ3) is 32.5. The number of rotatable bonds is 34. The largest absolute Gasteiger partial charge is 0.370 e. The molecule has 131 heavy (non-hydrogen) atoms. The molecule has 2 unspecified atom stereocenters. The predicted octanol–water partition coefficient (Wildman–Crippen LogP) is 15.5. The molecule has 6 fully saturated rings. The van der Waals surface area contributed by atoms with Gasteiger partial charge in [-0.05, 0) is 206 Å². The molecule has 3 saturated heterocycles. The van der Waals surface area contributed by atoms with Crippen molar-refractivity contribution in [3.63, 3.8) is 0 Å². The lowest BCUT2D eigenvalue weighted by molar-refractivity contribution is -0.134. The van der Waals surface area contributed by atoms with Crippen LogP contribution in [0.4, 0.5) is 0 Å². The Morgan fingerprint density at radius 3 is 1.34 bits per heavy atom. The Kier molecular flexibility index (Phi) is 39.5. The molecule has 0 radical (unpaired) electrons. The van der Waals surface area contributed by atoms with E-state index in [1.165, 1.54) is 57.1 Å². The molecule has 6 aliphatic rings. The van der Waals surface area contributed by atoms with Crippen LogP contribution in [0.2, 0.25) is 10.0 Å². The SMILES string of the molecule is CC1CC(C)CC(CN2CC[C@@H](CNC(=O)c3ccc4ccccc4c3)N[C@@H](CCCN=C(N)N)C2=O)C1.O=C(/C=C/c1ccc(Cl)cc1)NC[C@@H]1CCN(CC(c2ccccc2)c2ccccc2)C(=O)[C@H](CCNC(=O)C2CCCCC2)N1.O=C(/C=C/c1ccc(Cl)cc1)NC[C@@H]1CCN(CC(c2ccccc2)c2ccccc2)C(=O)[C@H](CCNC(=O)CC2CCCCC2)N1. The second-order valence-electron chi connectivity index (χ2n) is 36.7. The zero-order chi connectivity index (χ0) is 92.1. The van der Waals surface area contributed by atoms with Crippen LogP contribution in [-0.4, -0.2) is 183 Å². The van der Waals surface area contributed by atoms with Crippen molar-refractivity contribution >= 4 is 99.3 Å². The van der Waals surface area contributed by atoms with Crippen LogP contribution in [0.5, 0.6) is 0 Å². The summed E-state index contributed by atoms with van der Waals surface area (Å²) in [5.41, 5.74) is 18.0. The van der Waals surface area contributed by atoms with E-state index in [2.05, 4.69) is 115 Å². The second kappa shape index (κ2) is 52.3. The first-order chi connectivity index (χ1) is 63.7. The topological polar surface area (TPSA) is 307 Å². The van der Waals surface area contributed by atoms with Gasteiger partial charge in [0.15, 0.2) is 5.96 Å². The van der Waals surface area contributed by atoms with E-state index in [-0.39, 0.29) is 95.1 Å². The molecule has 0 aromatic heterocycles. The smallest absolute Gasteiger partial charge is 0.251 e. The maximum atomic E-state index is 14.1. The molecule has 0 bridgehead atoms. The number of nitrogens with two attached hydrogens (primary N) is 2. The van der Waals surface area contributed by atoms with E-state index >= 15 is 0 Å². The lowest BCUT2D eigenvalue weighted by Gasteiger charge is -2.35. The van der Waals surface area contributed by atoms with Gasteiger partial charge in [0.2, 0.25) is 41.4 Å². The molecular formula is C107H136Cl2N14O8. The summed E-state index contributed by atoms with van der Waals surface area (Å²) in [6.07, 6.45) is 26.4. The lowest BCUT2D eigenvalue weighted by atomic mass is 9.76. The number of guanidine groups is 1. The number of nitrogens with zero attached hydrogens (tertiary/aromatic N) is 4. The van der Waals surface area contributed by atoms with E-state index in [1.807, 2.05) is 149 Å². The fourth-order valence-electron chi connectivity index (χ4n) is 19.6. The van der Waals surface area contributed by atoms with Crippen molar-refractivity contribution in [2.75, 3.05) is 78.5 Å². The van der Waals surface area contributed by atoms with E-state index < -0.39 is 12.1 Å². The number of carbonyl (C=O) groups is 8. The van der Waals surface area contributed by atoms with Crippen molar-refractivity contribution in [3.05, 3.63) is 273 Å². The second-order valence-corrected chi connectivity index (χ2v) is 37.6. The zero-order valence-corrected chi connectivity index (χ0v) is 77.8. The highest BCUT2D eigenvalue weighted by molar-refractivity contribution is 6.31. The highest BCUT2D eigenvalue weighted by atomic mass is 35.5. The van der Waals surface area contributed by atoms with E-state index in [4.69, 9.17) is 34.7 Å². The standard InChI is InChI=1S/C39H47ClN4O3.C38H45ClN4O3.C30H44N6O2/c40-33-19-16-29(17-20-33)18-21-37(45)42-27-34-23-25-44(28-35(31-12-6-2-7-13-31)32-14-8-3-9-15-32)39(47)36(43-34)22-24-41-38(46)26-30-10-4-1-5-11-30;39-32-19-16-28(17-20-32)18-21-36(44)41-26-33-23-25-43(27-34(29-10-4-1-5-11-29)30-12-6-2-7-13-30)38(46)35(42-33)22-24-40-37(45)31-14-8-3-9-15-31;1-20-14-21(2)16-22(15-20)19-36-13-11-26(35-27(29(36)38)8-5-12-33-30(31)32)18-34-28(37)25-10-9-23-6-3-4-7-24(23)17-25/h2-3,6-9,12-21,30,34-36,43H,1,4-5,10-11,22-28H2,(H,41,46)(H,42,45);1-2,4-7,10-13,16-21,31,33-35,42H,3,8-9,14-15,22-27H2,(H,40,45)(H,41,44);3-4,6-7,9-10,17,20-22,26-27,35H,5,8,11-16,18-19H2,1-2H3,(H,34,37)(H4,31,32,33)/b2*21-18+;/t34-,36-;33-,35-;20?,21?,22?,26-,27-/m000/s1. The third-order valence-electron chi connectivity index (χ3n) is 26.5. The number of benzene rings is 8. The molecular weight excluding hydrogens is 1680 g/mol. The number of halogens is 2. The number of amides is 8. The molecule has 3 aliphatic carbocycles. The maximum Gasteiger partial charge on any atom is 0.251 e. The van der Waals surface area contributed by atoms with E-state index in [1.54, 1.807) is 36.4 Å². The van der Waals surface area contributed by atoms with Gasteiger partial charge in [0, 0.05) is 149 Å². The monoisotopic (exact) mass is 1820 g/mol. The van der Waals surface area contributed by atoms with Gasteiger partial charge in [0.05, 0.1) is 18.1 Å². The molecule has 24 heteroatoms. The summed E-state index contributed by atoms with van der Waals surface area (Å²) < 4.78 is 0. The number of fused-ring (bicyclic) bond motifs is 1. The Morgan fingerprint density at radius 1 is 0.450 bits per heavy atom. The Hall–Kier alpha value is -11.0. The summed E-state index contributed by atoms with van der Waals surface area (Å²) in [5.74, 6) is 2.49. The predicted molar refractivity (Wildman–Crippen MR) is 527 cm³/mol. The van der Waals surface area contributed by atoms with Crippen molar-refractivity contribution in [2.24, 2.45) is 46.0 Å². The molecule has 3 heterocycles. The minimum absolute atomic E-state index is 0.00522. The molecule has 8 aromatic carbocycles. The molecule has 8 amide bonds. The first-order valence-electron chi connectivity index (χ1n) is 47.8. The van der Waals surface area contributed by atoms with Crippen LogP contribution < -0.4 is 54.0 Å².